The van der Waals surface area contributed by atoms with Gasteiger partial charge in [-0.2, -0.15) is 0 Å². The summed E-state index contributed by atoms with van der Waals surface area (Å²) in [5.41, 5.74) is 3.20. The van der Waals surface area contributed by atoms with Gasteiger partial charge in [0.1, 0.15) is 17.3 Å². The fourth-order valence-corrected chi connectivity index (χ4v) is 4.02. The molecule has 7 heteroatoms. The maximum atomic E-state index is 12.7. The molecule has 2 unspecified atom stereocenters. The lowest BCUT2D eigenvalue weighted by Crippen LogP contribution is -2.46. The highest BCUT2D eigenvalue weighted by molar-refractivity contribution is 5.94. The van der Waals surface area contributed by atoms with Crippen LogP contribution in [0.4, 0.5) is 5.82 Å². The highest BCUT2D eigenvalue weighted by atomic mass is 16.1. The summed E-state index contributed by atoms with van der Waals surface area (Å²) in [4.78, 5) is 31.8. The number of carbonyl (C=O) groups excluding carboxylic acids is 1. The molecule has 1 saturated heterocycles. The van der Waals surface area contributed by atoms with Crippen LogP contribution in [0.1, 0.15) is 48.7 Å². The number of hydrogen-bond donors (Lipinski definition) is 2. The Morgan fingerprint density at radius 1 is 1.31 bits per heavy atom. The molecule has 2 atom stereocenters. The van der Waals surface area contributed by atoms with Gasteiger partial charge in [0.15, 0.2) is 0 Å². The van der Waals surface area contributed by atoms with E-state index in [1.165, 1.54) is 0 Å². The number of aromatic amines is 1. The van der Waals surface area contributed by atoms with E-state index in [1.807, 2.05) is 25.3 Å². The number of pyridine rings is 1. The van der Waals surface area contributed by atoms with E-state index in [0.717, 1.165) is 60.7 Å². The van der Waals surface area contributed by atoms with E-state index in [1.54, 1.807) is 6.07 Å². The van der Waals surface area contributed by atoms with E-state index in [2.05, 4.69) is 45.1 Å². The third-order valence-corrected chi connectivity index (χ3v) is 5.69. The van der Waals surface area contributed by atoms with Crippen molar-refractivity contribution in [2.24, 2.45) is 5.92 Å². The van der Waals surface area contributed by atoms with Crippen LogP contribution in [0.15, 0.2) is 30.5 Å². The Morgan fingerprint density at radius 2 is 2.17 bits per heavy atom. The van der Waals surface area contributed by atoms with E-state index >= 15 is 0 Å². The quantitative estimate of drug-likeness (QED) is 0.696. The molecule has 0 aliphatic carbocycles. The van der Waals surface area contributed by atoms with Gasteiger partial charge in [0.05, 0.1) is 11.0 Å². The van der Waals surface area contributed by atoms with Gasteiger partial charge in [0, 0.05) is 43.5 Å². The second kappa shape index (κ2) is 8.19. The summed E-state index contributed by atoms with van der Waals surface area (Å²) in [6.07, 6.45) is 4.84. The largest absolute Gasteiger partial charge is 0.360 e. The second-order valence-corrected chi connectivity index (χ2v) is 7.85. The van der Waals surface area contributed by atoms with Gasteiger partial charge >= 0.3 is 0 Å². The molecule has 0 spiro atoms. The Morgan fingerprint density at radius 3 is 3.00 bits per heavy atom. The summed E-state index contributed by atoms with van der Waals surface area (Å²) >= 11 is 0. The number of nitrogens with one attached hydrogen (secondary N) is 2. The SMILES string of the molecule is CCc1nc(C)cc(N2CCCC(C(C)NC(=O)c3ccc4[nH]ccc4n3)C2)n1. The number of nitrogens with zero attached hydrogens (tertiary/aromatic N) is 4. The van der Waals surface area contributed by atoms with Crippen molar-refractivity contribution in [3.05, 3.63) is 47.7 Å². The van der Waals surface area contributed by atoms with Crippen molar-refractivity contribution in [3.63, 3.8) is 0 Å². The monoisotopic (exact) mass is 392 g/mol. The third-order valence-electron chi connectivity index (χ3n) is 5.69. The molecular formula is C22H28N6O. The zero-order chi connectivity index (χ0) is 20.4. The molecule has 2 N–H and O–H groups in total. The molecule has 29 heavy (non-hydrogen) atoms. The summed E-state index contributed by atoms with van der Waals surface area (Å²) in [5.74, 6) is 2.12. The number of rotatable bonds is 5. The van der Waals surface area contributed by atoms with E-state index in [0.29, 0.717) is 11.6 Å². The summed E-state index contributed by atoms with van der Waals surface area (Å²) in [6, 6.07) is 7.66. The molecule has 152 valence electrons. The Kier molecular flexibility index (Phi) is 5.47. The van der Waals surface area contributed by atoms with E-state index < -0.39 is 0 Å². The zero-order valence-corrected chi connectivity index (χ0v) is 17.3. The standard InChI is InChI=1S/C22H28N6O/c1-4-20-24-14(2)12-21(27-20)28-11-5-6-16(13-28)15(3)25-22(29)19-8-7-17-18(26-19)9-10-23-17/h7-10,12,15-16,23H,4-6,11,13H2,1-3H3,(H,25,29). The summed E-state index contributed by atoms with van der Waals surface area (Å²) in [5, 5.41) is 3.16. The second-order valence-electron chi connectivity index (χ2n) is 7.85. The normalized spacial score (nSPS) is 18.0. The van der Waals surface area contributed by atoms with Crippen molar-refractivity contribution < 1.29 is 4.79 Å². The highest BCUT2D eigenvalue weighted by Gasteiger charge is 2.27. The van der Waals surface area contributed by atoms with E-state index in [-0.39, 0.29) is 11.9 Å². The molecule has 0 bridgehead atoms. The molecule has 1 aliphatic heterocycles. The smallest absolute Gasteiger partial charge is 0.270 e. The minimum atomic E-state index is -0.121. The van der Waals surface area contributed by atoms with Crippen LogP contribution in [0.3, 0.4) is 0 Å². The first-order valence-electron chi connectivity index (χ1n) is 10.4. The number of aryl methyl sites for hydroxylation is 2. The molecule has 3 aromatic rings. The van der Waals surface area contributed by atoms with Crippen LogP contribution in [0, 0.1) is 12.8 Å². The lowest BCUT2D eigenvalue weighted by Gasteiger charge is -2.36. The van der Waals surface area contributed by atoms with Crippen LogP contribution in [-0.4, -0.2) is 45.0 Å². The maximum absolute atomic E-state index is 12.7. The molecule has 0 aromatic carbocycles. The van der Waals surface area contributed by atoms with Gasteiger partial charge in [-0.1, -0.05) is 6.92 Å². The lowest BCUT2D eigenvalue weighted by atomic mass is 9.91. The van der Waals surface area contributed by atoms with Gasteiger partial charge in [-0.3, -0.25) is 4.79 Å². The lowest BCUT2D eigenvalue weighted by molar-refractivity contribution is 0.0919. The van der Waals surface area contributed by atoms with Crippen LogP contribution < -0.4 is 10.2 Å². The van der Waals surface area contributed by atoms with Gasteiger partial charge in [0.25, 0.3) is 5.91 Å². The van der Waals surface area contributed by atoms with Gasteiger partial charge in [-0.15, -0.1) is 0 Å². The molecule has 7 nitrogen and oxygen atoms in total. The molecule has 1 amide bonds. The first-order valence-corrected chi connectivity index (χ1v) is 10.4. The predicted octanol–water partition coefficient (Wildman–Crippen LogP) is 3.26. The Bertz CT molecular complexity index is 1010. The van der Waals surface area contributed by atoms with Crippen molar-refractivity contribution in [1.82, 2.24) is 25.3 Å². The van der Waals surface area contributed by atoms with Crippen LogP contribution in [0.25, 0.3) is 11.0 Å². The number of hydrogen-bond acceptors (Lipinski definition) is 5. The van der Waals surface area contributed by atoms with Crippen LogP contribution in [0.5, 0.6) is 0 Å². The summed E-state index contributed by atoms with van der Waals surface area (Å²) < 4.78 is 0. The number of piperidine rings is 1. The fourth-order valence-electron chi connectivity index (χ4n) is 4.02. The molecule has 3 aromatic heterocycles. The topological polar surface area (TPSA) is 86.8 Å². The van der Waals surface area contributed by atoms with Gasteiger partial charge in [-0.05, 0) is 50.8 Å². The van der Waals surface area contributed by atoms with Crippen molar-refractivity contribution in [1.29, 1.82) is 0 Å². The van der Waals surface area contributed by atoms with Crippen LogP contribution in [0.2, 0.25) is 0 Å². The maximum Gasteiger partial charge on any atom is 0.270 e. The first kappa shape index (κ1) is 19.4. The summed E-state index contributed by atoms with van der Waals surface area (Å²) in [6.45, 7) is 8.05. The van der Waals surface area contributed by atoms with Gasteiger partial charge in [0.2, 0.25) is 0 Å². The van der Waals surface area contributed by atoms with Crippen molar-refractivity contribution in [2.75, 3.05) is 18.0 Å². The summed E-state index contributed by atoms with van der Waals surface area (Å²) in [7, 11) is 0. The number of anilines is 1. The zero-order valence-electron chi connectivity index (χ0n) is 17.3. The average molecular weight is 393 g/mol. The number of fused-ring (bicyclic) bond motifs is 1. The van der Waals surface area contributed by atoms with Gasteiger partial charge < -0.3 is 15.2 Å². The number of H-pyrrole nitrogens is 1. The average Bonchev–Trinajstić information content (AvgIpc) is 3.21. The predicted molar refractivity (Wildman–Crippen MR) is 114 cm³/mol. The van der Waals surface area contributed by atoms with Crippen LogP contribution in [-0.2, 0) is 6.42 Å². The van der Waals surface area contributed by atoms with Gasteiger partial charge in [-0.25, -0.2) is 15.0 Å². The Balaban J connectivity index is 1.43. The molecule has 1 aliphatic rings. The Labute approximate surface area is 171 Å². The molecule has 0 radical (unpaired) electrons. The van der Waals surface area contributed by atoms with Crippen molar-refractivity contribution in [2.45, 2.75) is 46.1 Å². The number of amides is 1. The molecular weight excluding hydrogens is 364 g/mol. The molecule has 4 heterocycles. The first-order chi connectivity index (χ1) is 14.0. The minimum absolute atomic E-state index is 0.0580. The van der Waals surface area contributed by atoms with E-state index in [9.17, 15) is 4.79 Å². The number of carbonyl (C=O) groups is 1. The molecule has 1 fully saturated rings. The Hall–Kier alpha value is -2.96. The minimum Gasteiger partial charge on any atom is -0.360 e. The van der Waals surface area contributed by atoms with Crippen LogP contribution >= 0.6 is 0 Å². The number of aromatic nitrogens is 4. The third kappa shape index (κ3) is 4.23. The fraction of sp³-hybridized carbons (Fsp3) is 0.455. The molecule has 4 rings (SSSR count). The van der Waals surface area contributed by atoms with E-state index in [4.69, 9.17) is 4.98 Å². The molecule has 0 saturated carbocycles. The highest BCUT2D eigenvalue weighted by Crippen LogP contribution is 2.24. The van der Waals surface area contributed by atoms with Crippen molar-refractivity contribution in [3.8, 4) is 0 Å². The van der Waals surface area contributed by atoms with Crippen molar-refractivity contribution >= 4 is 22.8 Å².